The lowest BCUT2D eigenvalue weighted by molar-refractivity contribution is -0.123. The molecule has 0 aliphatic rings. The van der Waals surface area contributed by atoms with Crippen molar-refractivity contribution in [2.75, 3.05) is 11.1 Å². The van der Waals surface area contributed by atoms with Crippen LogP contribution in [0.5, 0.6) is 0 Å². The molecule has 26 heavy (non-hydrogen) atoms. The predicted octanol–water partition coefficient (Wildman–Crippen LogP) is 2.93. The van der Waals surface area contributed by atoms with Crippen molar-refractivity contribution in [3.63, 3.8) is 0 Å². The average Bonchev–Trinajstić information content (AvgIpc) is 3.00. The topological polar surface area (TPSA) is 118 Å². The summed E-state index contributed by atoms with van der Waals surface area (Å²) < 4.78 is 5.99. The third-order valence-corrected chi connectivity index (χ3v) is 4.40. The van der Waals surface area contributed by atoms with E-state index in [1.54, 1.807) is 36.4 Å². The quantitative estimate of drug-likeness (QED) is 0.685. The second-order valence-corrected chi connectivity index (χ2v) is 6.53. The third-order valence-electron chi connectivity index (χ3n) is 3.55. The van der Waals surface area contributed by atoms with Crippen LogP contribution in [-0.2, 0) is 9.53 Å². The fourth-order valence-electron chi connectivity index (χ4n) is 2.26. The Bertz CT molecular complexity index is 1040. The van der Waals surface area contributed by atoms with E-state index in [9.17, 15) is 9.59 Å². The molecule has 3 aromatic rings. The van der Waals surface area contributed by atoms with Crippen LogP contribution in [0.2, 0.25) is 0 Å². The number of thiazole rings is 1. The van der Waals surface area contributed by atoms with Gasteiger partial charge in [0.1, 0.15) is 0 Å². The van der Waals surface area contributed by atoms with E-state index in [-0.39, 0.29) is 0 Å². The molecule has 3 rings (SSSR count). The van der Waals surface area contributed by atoms with E-state index in [4.69, 9.17) is 15.7 Å². The molecule has 7 nitrogen and oxygen atoms in total. The molecule has 8 heteroatoms. The highest BCUT2D eigenvalue weighted by molar-refractivity contribution is 7.22. The van der Waals surface area contributed by atoms with Crippen molar-refractivity contribution in [3.05, 3.63) is 53.6 Å². The number of nitrogens with zero attached hydrogens (tertiary/aromatic N) is 2. The van der Waals surface area contributed by atoms with Gasteiger partial charge in [-0.1, -0.05) is 17.4 Å². The van der Waals surface area contributed by atoms with Crippen LogP contribution in [0.25, 0.3) is 10.2 Å². The highest BCUT2D eigenvalue weighted by Crippen LogP contribution is 2.25. The first-order valence-electron chi connectivity index (χ1n) is 7.64. The van der Waals surface area contributed by atoms with Gasteiger partial charge in [-0.15, -0.1) is 0 Å². The first kappa shape index (κ1) is 17.4. The maximum absolute atomic E-state index is 12.3. The lowest BCUT2D eigenvalue weighted by Crippen LogP contribution is -2.30. The molecule has 2 aromatic carbocycles. The van der Waals surface area contributed by atoms with Crippen molar-refractivity contribution in [1.82, 2.24) is 4.98 Å². The van der Waals surface area contributed by atoms with Gasteiger partial charge in [0.15, 0.2) is 11.2 Å². The minimum absolute atomic E-state index is 0.312. The molecule has 1 aromatic heterocycles. The van der Waals surface area contributed by atoms with Crippen LogP contribution in [0, 0.1) is 11.3 Å². The molecule has 0 fully saturated rings. The Morgan fingerprint density at radius 2 is 2.12 bits per heavy atom. The first-order chi connectivity index (χ1) is 12.5. The summed E-state index contributed by atoms with van der Waals surface area (Å²) in [5.41, 5.74) is 7.54. The summed E-state index contributed by atoms with van der Waals surface area (Å²) in [6, 6.07) is 13.3. The summed E-state index contributed by atoms with van der Waals surface area (Å²) in [7, 11) is 0. The molecule has 0 radical (unpaired) electrons. The summed E-state index contributed by atoms with van der Waals surface area (Å²) in [5, 5.41) is 11.9. The summed E-state index contributed by atoms with van der Waals surface area (Å²) in [6.07, 6.45) is -1.00. The summed E-state index contributed by atoms with van der Waals surface area (Å²) in [6.45, 7) is 1.48. The maximum Gasteiger partial charge on any atom is 0.338 e. The number of fused-ring (bicyclic) bond motifs is 1. The van der Waals surface area contributed by atoms with Crippen molar-refractivity contribution >= 4 is 44.2 Å². The highest BCUT2D eigenvalue weighted by atomic mass is 32.1. The van der Waals surface area contributed by atoms with E-state index in [1.807, 2.05) is 6.07 Å². The molecule has 1 atom stereocenters. The van der Waals surface area contributed by atoms with Crippen molar-refractivity contribution in [3.8, 4) is 6.07 Å². The van der Waals surface area contributed by atoms with Crippen molar-refractivity contribution < 1.29 is 14.3 Å². The van der Waals surface area contributed by atoms with Crippen LogP contribution < -0.4 is 11.1 Å². The lowest BCUT2D eigenvalue weighted by Gasteiger charge is -2.13. The summed E-state index contributed by atoms with van der Waals surface area (Å²) >= 11 is 1.27. The zero-order valence-electron chi connectivity index (χ0n) is 13.7. The van der Waals surface area contributed by atoms with Crippen LogP contribution in [0.15, 0.2) is 42.5 Å². The van der Waals surface area contributed by atoms with Crippen molar-refractivity contribution in [2.45, 2.75) is 13.0 Å². The monoisotopic (exact) mass is 366 g/mol. The van der Waals surface area contributed by atoms with Crippen molar-refractivity contribution in [2.24, 2.45) is 0 Å². The van der Waals surface area contributed by atoms with E-state index in [2.05, 4.69) is 10.3 Å². The van der Waals surface area contributed by atoms with E-state index in [0.29, 0.717) is 27.5 Å². The Labute approximate surface area is 153 Å². The molecule has 0 aliphatic carbocycles. The van der Waals surface area contributed by atoms with Gasteiger partial charge in [-0.25, -0.2) is 9.78 Å². The Hall–Kier alpha value is -3.44. The van der Waals surface area contributed by atoms with Gasteiger partial charge in [-0.3, -0.25) is 4.79 Å². The summed E-state index contributed by atoms with van der Waals surface area (Å²) in [4.78, 5) is 28.6. The number of nitrogens with one attached hydrogen (secondary N) is 1. The normalized spacial score (nSPS) is 11.5. The number of nitrogen functional groups attached to an aromatic ring is 1. The fourth-order valence-corrected chi connectivity index (χ4v) is 3.04. The molecular formula is C18H14N4O3S. The zero-order valence-corrected chi connectivity index (χ0v) is 14.5. The van der Waals surface area contributed by atoms with Gasteiger partial charge in [0, 0.05) is 5.69 Å². The van der Waals surface area contributed by atoms with Crippen molar-refractivity contribution in [1.29, 1.82) is 5.26 Å². The number of nitriles is 1. The Morgan fingerprint density at radius 3 is 2.88 bits per heavy atom. The Balaban J connectivity index is 1.67. The number of anilines is 2. The highest BCUT2D eigenvalue weighted by Gasteiger charge is 2.19. The standard InChI is InChI=1S/C18H14N4O3S/c1-10(16(23)21-13-4-2-3-11(7-13)9-19)25-17(24)12-5-6-14-15(8-12)26-18(20)22-14/h2-8,10H,1H3,(H2,20,22)(H,21,23)/t10-/m1/s1. The van der Waals surface area contributed by atoms with Gasteiger partial charge >= 0.3 is 5.97 Å². The van der Waals surface area contributed by atoms with Gasteiger partial charge in [0.05, 0.1) is 27.4 Å². The van der Waals surface area contributed by atoms with E-state index < -0.39 is 18.0 Å². The molecule has 0 spiro atoms. The number of benzene rings is 2. The molecule has 0 aliphatic heterocycles. The molecule has 0 unspecified atom stereocenters. The number of rotatable bonds is 4. The zero-order chi connectivity index (χ0) is 18.7. The average molecular weight is 366 g/mol. The molecule has 1 amide bonds. The molecule has 0 bridgehead atoms. The third kappa shape index (κ3) is 3.79. The summed E-state index contributed by atoms with van der Waals surface area (Å²) in [5.74, 6) is -1.11. The molecule has 0 saturated heterocycles. The molecule has 0 saturated carbocycles. The minimum atomic E-state index is -1.00. The number of aromatic nitrogens is 1. The predicted molar refractivity (Wildman–Crippen MR) is 98.7 cm³/mol. The number of carbonyl (C=O) groups excluding carboxylic acids is 2. The van der Waals surface area contributed by atoms with Crippen LogP contribution in [0.4, 0.5) is 10.8 Å². The molecular weight excluding hydrogens is 352 g/mol. The van der Waals surface area contributed by atoms with Crippen LogP contribution >= 0.6 is 11.3 Å². The first-order valence-corrected chi connectivity index (χ1v) is 8.46. The van der Waals surface area contributed by atoms with Gasteiger partial charge < -0.3 is 15.8 Å². The lowest BCUT2D eigenvalue weighted by atomic mass is 10.2. The second-order valence-electron chi connectivity index (χ2n) is 5.46. The Kier molecular flexibility index (Phi) is 4.82. The SMILES string of the molecule is C[C@@H](OC(=O)c1ccc2nc(N)sc2c1)C(=O)Nc1cccc(C#N)c1. The van der Waals surface area contributed by atoms with Crippen LogP contribution in [-0.4, -0.2) is 23.0 Å². The second kappa shape index (κ2) is 7.21. The van der Waals surface area contributed by atoms with E-state index >= 15 is 0 Å². The van der Waals surface area contributed by atoms with E-state index in [1.165, 1.54) is 24.3 Å². The largest absolute Gasteiger partial charge is 0.449 e. The van der Waals surface area contributed by atoms with Gasteiger partial charge in [-0.05, 0) is 43.3 Å². The number of amides is 1. The number of nitrogens with two attached hydrogens (primary N) is 1. The van der Waals surface area contributed by atoms with Gasteiger partial charge in [0.2, 0.25) is 0 Å². The number of hydrogen-bond acceptors (Lipinski definition) is 7. The number of ether oxygens (including phenoxy) is 1. The molecule has 3 N–H and O–H groups in total. The molecule has 1 heterocycles. The Morgan fingerprint density at radius 1 is 1.31 bits per heavy atom. The minimum Gasteiger partial charge on any atom is -0.449 e. The smallest absolute Gasteiger partial charge is 0.338 e. The molecule has 130 valence electrons. The van der Waals surface area contributed by atoms with Gasteiger partial charge in [0.25, 0.3) is 5.91 Å². The van der Waals surface area contributed by atoms with E-state index in [0.717, 1.165) is 4.70 Å². The van der Waals surface area contributed by atoms with Crippen LogP contribution in [0.3, 0.4) is 0 Å². The maximum atomic E-state index is 12.3. The number of hydrogen-bond donors (Lipinski definition) is 2. The van der Waals surface area contributed by atoms with Gasteiger partial charge in [-0.2, -0.15) is 5.26 Å². The number of esters is 1. The van der Waals surface area contributed by atoms with Crippen LogP contribution in [0.1, 0.15) is 22.8 Å². The number of carbonyl (C=O) groups is 2. The fraction of sp³-hybridized carbons (Fsp3) is 0.111.